The molecule has 70 heavy (non-hydrogen) atoms. The highest BCUT2D eigenvalue weighted by atomic mass is 16.5. The van der Waals surface area contributed by atoms with Gasteiger partial charge in [0, 0.05) is 47.2 Å². The molecule has 10 rings (SSSR count). The van der Waals surface area contributed by atoms with Crippen molar-refractivity contribution < 1.29 is 39.7 Å². The third-order valence-electron chi connectivity index (χ3n) is 15.4. The van der Waals surface area contributed by atoms with Gasteiger partial charge in [0.15, 0.2) is 11.5 Å². The zero-order chi connectivity index (χ0) is 48.2. The van der Waals surface area contributed by atoms with Gasteiger partial charge >= 0.3 is 0 Å². The first-order valence-electron chi connectivity index (χ1n) is 25.4. The number of benzene rings is 5. The van der Waals surface area contributed by atoms with E-state index >= 15 is 0 Å². The Labute approximate surface area is 410 Å². The standard InChI is InChI=1S/C59H67N3O8/c60-57-21-17-42-35-69-51(12-4-2-1-3-8-38-14-20-54(66)43(24-38)25-39-9-7-11-49(64)26-39)31-50(65)19-16-41-30-56(55(67)29-45(41)34-63)70-36-46-28-48(27-44-32-62(33-52(44)46)58(42)61-57)59-22-23-68-37-47(59)18-15-40-10-5-6-13-53(40)59/h5-7,9-11,13-14,17,20-21,24,26-30,32-33,47,50-51,57,61,63-67H,1-4,8,12,15-16,18-19,22-23,25,31,34-37,60H2. The number of unbranched alkanes of at least 4 members (excludes halogenated alkanes) is 3. The molecule has 5 aromatic carbocycles. The van der Waals surface area contributed by atoms with Crippen LogP contribution in [0.2, 0.25) is 0 Å². The summed E-state index contributed by atoms with van der Waals surface area (Å²) in [5.41, 5.74) is 16.7. The third kappa shape index (κ3) is 10.2. The Hall–Kier alpha value is -6.08. The van der Waals surface area contributed by atoms with E-state index in [1.54, 1.807) is 24.3 Å². The molecular formula is C59H67N3O8. The number of fused-ring (bicyclic) bond motifs is 7. The van der Waals surface area contributed by atoms with Crippen molar-refractivity contribution in [3.8, 4) is 23.0 Å². The number of rotatable bonds is 11. The number of hydrogen-bond acceptors (Lipinski definition) is 10. The third-order valence-corrected chi connectivity index (χ3v) is 15.4. The smallest absolute Gasteiger partial charge is 0.161 e. The molecule has 1 aromatic heterocycles. The van der Waals surface area contributed by atoms with Crippen LogP contribution in [0, 0.1) is 5.92 Å². The zero-order valence-corrected chi connectivity index (χ0v) is 40.0. The number of aliphatic hydroxyl groups is 2. The van der Waals surface area contributed by atoms with Crippen molar-refractivity contribution in [2.75, 3.05) is 19.8 Å². The minimum Gasteiger partial charge on any atom is -0.508 e. The maximum absolute atomic E-state index is 11.6. The molecule has 4 bridgehead atoms. The van der Waals surface area contributed by atoms with Crippen molar-refractivity contribution in [3.05, 3.63) is 171 Å². The maximum atomic E-state index is 11.6. The summed E-state index contributed by atoms with van der Waals surface area (Å²) < 4.78 is 21.7. The Morgan fingerprint density at radius 2 is 1.66 bits per heavy atom. The molecule has 0 amide bonds. The van der Waals surface area contributed by atoms with Gasteiger partial charge in [-0.15, -0.1) is 0 Å². The molecule has 1 aliphatic carbocycles. The number of phenolic OH excluding ortho intramolecular Hbond substituents is 3. The molecule has 0 saturated carbocycles. The lowest BCUT2D eigenvalue weighted by Crippen LogP contribution is -2.47. The van der Waals surface area contributed by atoms with Crippen LogP contribution in [0.3, 0.4) is 0 Å². The first kappa shape index (κ1) is 47.6. The maximum Gasteiger partial charge on any atom is 0.161 e. The van der Waals surface area contributed by atoms with Gasteiger partial charge in [0.1, 0.15) is 23.9 Å². The Balaban J connectivity index is 0.925. The molecule has 0 radical (unpaired) electrons. The van der Waals surface area contributed by atoms with Crippen LogP contribution in [0.4, 0.5) is 0 Å². The fourth-order valence-electron chi connectivity index (χ4n) is 11.7. The summed E-state index contributed by atoms with van der Waals surface area (Å²) in [6.07, 6.45) is 17.5. The average molecular weight is 946 g/mol. The number of aromatic hydroxyl groups is 3. The summed E-state index contributed by atoms with van der Waals surface area (Å²) in [7, 11) is 0. The molecule has 4 aliphatic rings. The number of aryl methyl sites for hydroxylation is 3. The van der Waals surface area contributed by atoms with Crippen molar-refractivity contribution in [3.63, 3.8) is 0 Å². The van der Waals surface area contributed by atoms with Gasteiger partial charge in [0.25, 0.3) is 0 Å². The summed E-state index contributed by atoms with van der Waals surface area (Å²) in [5, 5.41) is 59.5. The monoisotopic (exact) mass is 945 g/mol. The Kier molecular flexibility index (Phi) is 14.3. The summed E-state index contributed by atoms with van der Waals surface area (Å²) >= 11 is 0. The Morgan fingerprint density at radius 1 is 0.786 bits per heavy atom. The van der Waals surface area contributed by atoms with E-state index in [4.69, 9.17) is 19.9 Å². The highest BCUT2D eigenvalue weighted by Gasteiger charge is 2.47. The van der Waals surface area contributed by atoms with Crippen LogP contribution >= 0.6 is 0 Å². The Bertz CT molecular complexity index is 2890. The molecule has 4 heterocycles. The van der Waals surface area contributed by atoms with E-state index in [1.165, 1.54) is 22.3 Å². The Morgan fingerprint density at radius 3 is 2.54 bits per heavy atom. The van der Waals surface area contributed by atoms with Crippen LogP contribution in [-0.4, -0.2) is 68.3 Å². The topological polar surface area (TPSA) is 172 Å². The number of nitrogens with two attached hydrogens (primary N) is 1. The number of aromatic nitrogens is 1. The fourth-order valence-corrected chi connectivity index (χ4v) is 11.7. The predicted octanol–water partition coefficient (Wildman–Crippen LogP) is 9.58. The minimum atomic E-state index is -0.667. The van der Waals surface area contributed by atoms with Gasteiger partial charge < -0.3 is 55.4 Å². The second kappa shape index (κ2) is 21.1. The molecule has 11 heteroatoms. The molecule has 1 saturated heterocycles. The van der Waals surface area contributed by atoms with Crippen molar-refractivity contribution in [1.29, 1.82) is 0 Å². The van der Waals surface area contributed by atoms with Gasteiger partial charge in [-0.25, -0.2) is 0 Å². The van der Waals surface area contributed by atoms with E-state index in [0.717, 1.165) is 102 Å². The lowest BCUT2D eigenvalue weighted by molar-refractivity contribution is 0.00498. The predicted molar refractivity (Wildman–Crippen MR) is 273 cm³/mol. The zero-order valence-electron chi connectivity index (χ0n) is 40.0. The van der Waals surface area contributed by atoms with Gasteiger partial charge in [0.05, 0.1) is 38.2 Å². The lowest BCUT2D eigenvalue weighted by atomic mass is 9.57. The van der Waals surface area contributed by atoms with Gasteiger partial charge in [-0.2, -0.15) is 0 Å². The summed E-state index contributed by atoms with van der Waals surface area (Å²) in [6.45, 7) is 1.66. The van der Waals surface area contributed by atoms with Crippen LogP contribution < -0.4 is 15.8 Å². The second-order valence-corrected chi connectivity index (χ2v) is 20.1. The molecule has 8 N–H and O–H groups in total. The molecular weight excluding hydrogens is 879 g/mol. The molecule has 5 atom stereocenters. The molecule has 11 nitrogen and oxygen atoms in total. The van der Waals surface area contributed by atoms with Gasteiger partial charge in [-0.05, 0) is 156 Å². The van der Waals surface area contributed by atoms with Crippen LogP contribution in [-0.2, 0) is 53.8 Å². The SMILES string of the molecule is NC1C=CC2=C(N1)n1cc3cc(C45CCOCC4CCc4ccccc45)cc(c3c1)COc1cc(c(CO)cc1O)CCC(O)CC(CCCCCCc1ccc(O)c(Cc3cccc(O)c3)c1)OC2. The van der Waals surface area contributed by atoms with Gasteiger partial charge in [-0.1, -0.05) is 79.9 Å². The molecule has 3 aliphatic heterocycles. The van der Waals surface area contributed by atoms with E-state index in [0.29, 0.717) is 62.7 Å². The number of aliphatic hydroxyl groups excluding tert-OH is 2. The molecule has 366 valence electrons. The van der Waals surface area contributed by atoms with E-state index in [9.17, 15) is 25.5 Å². The first-order valence-corrected chi connectivity index (χ1v) is 25.4. The fraction of sp³-hybridized carbons (Fsp3) is 0.390. The number of ether oxygens (including phenoxy) is 3. The first-order chi connectivity index (χ1) is 34.1. The van der Waals surface area contributed by atoms with Crippen molar-refractivity contribution >= 4 is 16.6 Å². The quantitative estimate of drug-likeness (QED) is 0.0621. The largest absolute Gasteiger partial charge is 0.508 e. The van der Waals surface area contributed by atoms with Crippen LogP contribution in [0.5, 0.6) is 23.0 Å². The van der Waals surface area contributed by atoms with Crippen LogP contribution in [0.15, 0.2) is 121 Å². The van der Waals surface area contributed by atoms with Crippen molar-refractivity contribution in [2.24, 2.45) is 11.7 Å². The number of nitrogens with one attached hydrogen (secondary N) is 1. The van der Waals surface area contributed by atoms with Crippen molar-refractivity contribution in [1.82, 2.24) is 9.88 Å². The van der Waals surface area contributed by atoms with Crippen LogP contribution in [0.1, 0.15) is 108 Å². The lowest BCUT2D eigenvalue weighted by Gasteiger charge is -2.49. The van der Waals surface area contributed by atoms with E-state index < -0.39 is 12.3 Å². The van der Waals surface area contributed by atoms with Gasteiger partial charge in [0.2, 0.25) is 0 Å². The van der Waals surface area contributed by atoms with E-state index in [-0.39, 0.29) is 42.0 Å². The summed E-state index contributed by atoms with van der Waals surface area (Å²) in [4.78, 5) is 0. The summed E-state index contributed by atoms with van der Waals surface area (Å²) in [6, 6.07) is 30.0. The number of dihydropyridines is 1. The normalized spacial score (nSPS) is 22.6. The molecule has 6 aromatic rings. The number of nitrogens with zero attached hydrogens (tertiary/aromatic N) is 1. The highest BCUT2D eigenvalue weighted by Crippen LogP contribution is 2.52. The van der Waals surface area contributed by atoms with E-state index in [2.05, 4.69) is 70.8 Å². The summed E-state index contributed by atoms with van der Waals surface area (Å²) in [5.74, 6) is 1.93. The van der Waals surface area contributed by atoms with Gasteiger partial charge in [-0.3, -0.25) is 0 Å². The minimum absolute atomic E-state index is 0.0368. The molecule has 1 fully saturated rings. The molecule has 0 spiro atoms. The highest BCUT2D eigenvalue weighted by molar-refractivity contribution is 5.88. The van der Waals surface area contributed by atoms with E-state index in [1.807, 2.05) is 30.3 Å². The van der Waals surface area contributed by atoms with Crippen LogP contribution in [0.25, 0.3) is 16.6 Å². The second-order valence-electron chi connectivity index (χ2n) is 20.1. The van der Waals surface area contributed by atoms with Crippen molar-refractivity contribution in [2.45, 2.75) is 120 Å². The number of hydrogen-bond donors (Lipinski definition) is 7. The molecule has 5 unspecified atom stereocenters. The number of phenols is 3. The average Bonchev–Trinajstić information content (AvgIpc) is 3.81.